The van der Waals surface area contributed by atoms with Crippen LogP contribution >= 0.6 is 0 Å². The number of hydrogen-bond acceptors (Lipinski definition) is 4. The van der Waals surface area contributed by atoms with Crippen molar-refractivity contribution < 1.29 is 0 Å². The Morgan fingerprint density at radius 2 is 2.18 bits per heavy atom. The maximum Gasteiger partial charge on any atom is 0.261 e. The number of piperazine rings is 1. The van der Waals surface area contributed by atoms with Crippen LogP contribution in [-0.4, -0.2) is 40.1 Å². The minimum Gasteiger partial charge on any atom is -0.312 e. The summed E-state index contributed by atoms with van der Waals surface area (Å²) in [6.45, 7) is 7.33. The first-order valence-corrected chi connectivity index (χ1v) is 8.05. The molecule has 2 aromatic rings. The van der Waals surface area contributed by atoms with E-state index >= 15 is 0 Å². The zero-order chi connectivity index (χ0) is 15.7. The average molecular weight is 300 g/mol. The normalized spacial score (nSPS) is 21.1. The van der Waals surface area contributed by atoms with Gasteiger partial charge in [0.05, 0.1) is 16.9 Å². The predicted octanol–water partition coefficient (Wildman–Crippen LogP) is 1.68. The van der Waals surface area contributed by atoms with Crippen molar-refractivity contribution >= 4 is 10.9 Å². The van der Waals surface area contributed by atoms with Crippen LogP contribution in [0.25, 0.3) is 10.9 Å². The summed E-state index contributed by atoms with van der Waals surface area (Å²) in [6, 6.07) is 8.26. The molecule has 1 aromatic heterocycles. The smallest absolute Gasteiger partial charge is 0.261 e. The largest absolute Gasteiger partial charge is 0.312 e. The lowest BCUT2D eigenvalue weighted by molar-refractivity contribution is 0.136. The lowest BCUT2D eigenvalue weighted by Crippen LogP contribution is -2.51. The van der Waals surface area contributed by atoms with Crippen molar-refractivity contribution in [2.24, 2.45) is 7.05 Å². The van der Waals surface area contributed by atoms with Crippen molar-refractivity contribution in [2.75, 3.05) is 19.6 Å². The summed E-state index contributed by atoms with van der Waals surface area (Å²) < 4.78 is 1.73. The Kier molecular flexibility index (Phi) is 4.27. The van der Waals surface area contributed by atoms with Crippen LogP contribution in [0.4, 0.5) is 0 Å². The van der Waals surface area contributed by atoms with Gasteiger partial charge >= 0.3 is 0 Å². The second-order valence-electron chi connectivity index (χ2n) is 6.13. The molecule has 1 saturated heterocycles. The van der Waals surface area contributed by atoms with E-state index in [1.807, 2.05) is 31.3 Å². The number of benzene rings is 1. The van der Waals surface area contributed by atoms with Crippen LogP contribution < -0.4 is 10.9 Å². The number of rotatable bonds is 3. The Labute approximate surface area is 131 Å². The Bertz CT molecular complexity index is 724. The molecule has 22 heavy (non-hydrogen) atoms. The van der Waals surface area contributed by atoms with Gasteiger partial charge in [0, 0.05) is 32.7 Å². The number of nitrogens with one attached hydrogen (secondary N) is 1. The Hall–Kier alpha value is -1.72. The summed E-state index contributed by atoms with van der Waals surface area (Å²) in [4.78, 5) is 19.9. The zero-order valence-electron chi connectivity index (χ0n) is 13.5. The Balaban J connectivity index is 2.07. The number of nitrogens with zero attached hydrogens (tertiary/aromatic N) is 3. The molecule has 0 spiro atoms. The molecule has 118 valence electrons. The third kappa shape index (κ3) is 2.66. The third-order valence-corrected chi connectivity index (χ3v) is 4.54. The van der Waals surface area contributed by atoms with E-state index in [0.717, 1.165) is 37.4 Å². The monoisotopic (exact) mass is 300 g/mol. The van der Waals surface area contributed by atoms with Crippen molar-refractivity contribution in [3.8, 4) is 0 Å². The molecule has 0 unspecified atom stereocenters. The van der Waals surface area contributed by atoms with Gasteiger partial charge in [-0.15, -0.1) is 0 Å². The number of para-hydroxylation sites is 1. The summed E-state index contributed by atoms with van der Waals surface area (Å²) in [5.74, 6) is 0.875. The lowest BCUT2D eigenvalue weighted by atomic mass is 10.1. The molecule has 2 heterocycles. The van der Waals surface area contributed by atoms with E-state index in [4.69, 9.17) is 4.98 Å². The molecule has 5 heteroatoms. The standard InChI is InChI=1S/C17H24N4O/c1-4-15(21-10-9-18-12(2)11-21)16-19-14-8-6-5-7-13(14)17(22)20(16)3/h5-8,12,15,18H,4,9-11H2,1-3H3/t12-,15+/m1/s1. The first-order valence-electron chi connectivity index (χ1n) is 8.05. The average Bonchev–Trinajstić information content (AvgIpc) is 2.53. The fourth-order valence-electron chi connectivity index (χ4n) is 3.38. The van der Waals surface area contributed by atoms with E-state index in [1.54, 1.807) is 4.57 Å². The minimum atomic E-state index is 0.0437. The van der Waals surface area contributed by atoms with Crippen LogP contribution in [0.5, 0.6) is 0 Å². The second kappa shape index (κ2) is 6.18. The van der Waals surface area contributed by atoms with E-state index in [0.29, 0.717) is 11.4 Å². The highest BCUT2D eigenvalue weighted by atomic mass is 16.1. The summed E-state index contributed by atoms with van der Waals surface area (Å²) in [6.07, 6.45) is 0.950. The van der Waals surface area contributed by atoms with Gasteiger partial charge in [0.15, 0.2) is 0 Å². The Morgan fingerprint density at radius 3 is 2.91 bits per heavy atom. The van der Waals surface area contributed by atoms with E-state index in [2.05, 4.69) is 24.1 Å². The number of aromatic nitrogens is 2. The van der Waals surface area contributed by atoms with Crippen molar-refractivity contribution in [1.82, 2.24) is 19.8 Å². The molecule has 1 aliphatic heterocycles. The predicted molar refractivity (Wildman–Crippen MR) is 89.1 cm³/mol. The van der Waals surface area contributed by atoms with E-state index < -0.39 is 0 Å². The quantitative estimate of drug-likeness (QED) is 0.937. The van der Waals surface area contributed by atoms with Crippen LogP contribution in [0.3, 0.4) is 0 Å². The van der Waals surface area contributed by atoms with Gasteiger partial charge in [-0.2, -0.15) is 0 Å². The summed E-state index contributed by atoms with van der Waals surface area (Å²) in [5, 5.41) is 4.16. The van der Waals surface area contributed by atoms with Crippen molar-refractivity contribution in [2.45, 2.75) is 32.4 Å². The maximum atomic E-state index is 12.6. The topological polar surface area (TPSA) is 50.2 Å². The molecular weight excluding hydrogens is 276 g/mol. The van der Waals surface area contributed by atoms with E-state index in [1.165, 1.54) is 0 Å². The van der Waals surface area contributed by atoms with Crippen LogP contribution in [0, 0.1) is 0 Å². The first kappa shape index (κ1) is 15.2. The molecule has 3 rings (SSSR count). The van der Waals surface area contributed by atoms with Crippen molar-refractivity contribution in [1.29, 1.82) is 0 Å². The van der Waals surface area contributed by atoms with E-state index in [9.17, 15) is 4.79 Å². The van der Waals surface area contributed by atoms with Crippen LogP contribution in [0.2, 0.25) is 0 Å². The van der Waals surface area contributed by atoms with Crippen molar-refractivity contribution in [3.63, 3.8) is 0 Å². The molecule has 0 radical (unpaired) electrons. The fourth-order valence-corrected chi connectivity index (χ4v) is 3.38. The highest BCUT2D eigenvalue weighted by Crippen LogP contribution is 2.24. The van der Waals surface area contributed by atoms with Gasteiger partial charge in [-0.05, 0) is 25.5 Å². The third-order valence-electron chi connectivity index (χ3n) is 4.54. The first-order chi connectivity index (χ1) is 10.6. The molecule has 1 fully saturated rings. The molecule has 1 N–H and O–H groups in total. The van der Waals surface area contributed by atoms with Gasteiger partial charge in [-0.3, -0.25) is 14.3 Å². The molecule has 1 aliphatic rings. The van der Waals surface area contributed by atoms with E-state index in [-0.39, 0.29) is 11.6 Å². The van der Waals surface area contributed by atoms with Gasteiger partial charge in [-0.25, -0.2) is 4.98 Å². The summed E-state index contributed by atoms with van der Waals surface area (Å²) >= 11 is 0. The minimum absolute atomic E-state index is 0.0437. The number of hydrogen-bond donors (Lipinski definition) is 1. The highest BCUT2D eigenvalue weighted by Gasteiger charge is 2.26. The van der Waals surface area contributed by atoms with Gasteiger partial charge in [0.25, 0.3) is 5.56 Å². The lowest BCUT2D eigenvalue weighted by Gasteiger charge is -2.37. The molecule has 0 aliphatic carbocycles. The Morgan fingerprint density at radius 1 is 1.41 bits per heavy atom. The molecule has 2 atom stereocenters. The molecule has 1 aromatic carbocycles. The van der Waals surface area contributed by atoms with Crippen LogP contribution in [0.15, 0.2) is 29.1 Å². The van der Waals surface area contributed by atoms with Gasteiger partial charge in [-0.1, -0.05) is 19.1 Å². The van der Waals surface area contributed by atoms with Crippen molar-refractivity contribution in [3.05, 3.63) is 40.4 Å². The molecule has 0 saturated carbocycles. The summed E-state index contributed by atoms with van der Waals surface area (Å²) in [7, 11) is 1.84. The zero-order valence-corrected chi connectivity index (χ0v) is 13.5. The fraction of sp³-hybridized carbons (Fsp3) is 0.529. The molecule has 5 nitrogen and oxygen atoms in total. The van der Waals surface area contributed by atoms with Gasteiger partial charge in [0.1, 0.15) is 5.82 Å². The molecule has 0 amide bonds. The van der Waals surface area contributed by atoms with Crippen LogP contribution in [0.1, 0.15) is 32.1 Å². The van der Waals surface area contributed by atoms with Crippen LogP contribution in [-0.2, 0) is 7.05 Å². The highest BCUT2D eigenvalue weighted by molar-refractivity contribution is 5.77. The number of fused-ring (bicyclic) bond motifs is 1. The SMILES string of the molecule is CC[C@@H](c1nc2ccccc2c(=O)n1C)N1CCN[C@H](C)C1. The van der Waals surface area contributed by atoms with Gasteiger partial charge < -0.3 is 5.32 Å². The molecule has 0 bridgehead atoms. The van der Waals surface area contributed by atoms with Gasteiger partial charge in [0.2, 0.25) is 0 Å². The molecular formula is C17H24N4O. The summed E-state index contributed by atoms with van der Waals surface area (Å²) in [5.41, 5.74) is 0.837. The maximum absolute atomic E-state index is 12.6. The second-order valence-corrected chi connectivity index (χ2v) is 6.13.